The van der Waals surface area contributed by atoms with Gasteiger partial charge >= 0.3 is 0 Å². The van der Waals surface area contributed by atoms with Gasteiger partial charge in [0.2, 0.25) is 12.2 Å². The third-order valence-electron chi connectivity index (χ3n) is 2.90. The zero-order chi connectivity index (χ0) is 17.8. The van der Waals surface area contributed by atoms with Crippen LogP contribution in [0.2, 0.25) is 0 Å². The van der Waals surface area contributed by atoms with Crippen LogP contribution in [0.3, 0.4) is 0 Å². The lowest BCUT2D eigenvalue weighted by Crippen LogP contribution is -2.31. The van der Waals surface area contributed by atoms with Gasteiger partial charge in [0.15, 0.2) is 0 Å². The first-order valence-electron chi connectivity index (χ1n) is 7.64. The van der Waals surface area contributed by atoms with E-state index in [0.29, 0.717) is 29.9 Å². The van der Waals surface area contributed by atoms with Crippen molar-refractivity contribution in [3.05, 3.63) is 35.4 Å². The lowest BCUT2D eigenvalue weighted by molar-refractivity contribution is -0.0488. The van der Waals surface area contributed by atoms with Gasteiger partial charge in [-0.1, -0.05) is 13.8 Å². The first-order chi connectivity index (χ1) is 11.1. The number of hydrogen-bond acceptors (Lipinski definition) is 6. The minimum Gasteiger partial charge on any atom is -0.448 e. The molecule has 1 aromatic rings. The molecule has 1 aliphatic rings. The highest BCUT2D eigenvalue weighted by atomic mass is 16.6. The maximum absolute atomic E-state index is 9.69. The molecule has 6 nitrogen and oxygen atoms in total. The van der Waals surface area contributed by atoms with Crippen LogP contribution in [-0.2, 0) is 4.74 Å². The maximum Gasteiger partial charge on any atom is 0.218 e. The summed E-state index contributed by atoms with van der Waals surface area (Å²) in [5.74, 6) is 0.355. The summed E-state index contributed by atoms with van der Waals surface area (Å²) < 4.78 is 5.30. The van der Waals surface area contributed by atoms with Crippen LogP contribution in [0, 0.1) is 11.3 Å². The van der Waals surface area contributed by atoms with E-state index in [1.807, 2.05) is 19.9 Å². The van der Waals surface area contributed by atoms with Gasteiger partial charge in [0.05, 0.1) is 23.8 Å². The van der Waals surface area contributed by atoms with Gasteiger partial charge in [0, 0.05) is 19.1 Å². The van der Waals surface area contributed by atoms with Crippen LogP contribution in [0.4, 0.5) is 0 Å². The van der Waals surface area contributed by atoms with E-state index in [1.54, 1.807) is 31.2 Å². The number of ether oxygens (including phenoxy) is 1. The van der Waals surface area contributed by atoms with Gasteiger partial charge in [-0.2, -0.15) is 5.26 Å². The largest absolute Gasteiger partial charge is 0.448 e. The molecule has 0 amide bonds. The van der Waals surface area contributed by atoms with E-state index >= 15 is 0 Å². The summed E-state index contributed by atoms with van der Waals surface area (Å²) in [6.45, 7) is 5.69. The van der Waals surface area contributed by atoms with Crippen molar-refractivity contribution >= 4 is 5.90 Å². The quantitative estimate of drug-likeness (QED) is 0.787. The summed E-state index contributed by atoms with van der Waals surface area (Å²) in [7, 11) is 1.00. The second-order valence-corrected chi connectivity index (χ2v) is 4.67. The van der Waals surface area contributed by atoms with Crippen molar-refractivity contribution in [2.45, 2.75) is 52.0 Å². The molecule has 6 heteroatoms. The van der Waals surface area contributed by atoms with Crippen LogP contribution in [0.25, 0.3) is 0 Å². The molecule has 0 saturated carbocycles. The van der Waals surface area contributed by atoms with Crippen LogP contribution < -0.4 is 0 Å². The van der Waals surface area contributed by atoms with Crippen molar-refractivity contribution in [3.63, 3.8) is 0 Å². The molecule has 0 fully saturated rings. The maximum atomic E-state index is 9.69. The molecule has 3 N–H and O–H groups in total. The third kappa shape index (κ3) is 7.24. The smallest absolute Gasteiger partial charge is 0.218 e. The van der Waals surface area contributed by atoms with Gasteiger partial charge in [0.25, 0.3) is 0 Å². The highest BCUT2D eigenvalue weighted by Gasteiger charge is 2.25. The normalized spacial score (nSPS) is 20.3. The topological polar surface area (TPSA) is 106 Å². The van der Waals surface area contributed by atoms with Gasteiger partial charge < -0.3 is 20.1 Å². The molecule has 0 saturated heterocycles. The summed E-state index contributed by atoms with van der Waals surface area (Å²) >= 11 is 0. The highest BCUT2D eigenvalue weighted by molar-refractivity contribution is 5.94. The molecular weight excluding hydrogens is 296 g/mol. The fourth-order valence-electron chi connectivity index (χ4n) is 2.03. The minimum atomic E-state index is -0.910. The molecule has 0 spiro atoms. The van der Waals surface area contributed by atoms with Crippen molar-refractivity contribution in [3.8, 4) is 6.07 Å². The number of benzene rings is 1. The van der Waals surface area contributed by atoms with Crippen molar-refractivity contribution < 1.29 is 20.1 Å². The van der Waals surface area contributed by atoms with Crippen molar-refractivity contribution in [2.24, 2.45) is 4.99 Å². The number of aliphatic hydroxyl groups excluding tert-OH is 3. The Morgan fingerprint density at radius 3 is 2.35 bits per heavy atom. The molecule has 1 aliphatic heterocycles. The predicted octanol–water partition coefficient (Wildman–Crippen LogP) is 1.82. The molecule has 0 bridgehead atoms. The molecule has 3 atom stereocenters. The van der Waals surface area contributed by atoms with Crippen LogP contribution in [0.5, 0.6) is 0 Å². The van der Waals surface area contributed by atoms with E-state index in [4.69, 9.17) is 15.1 Å². The molecule has 1 aromatic carbocycles. The standard InChI is InChI=1S/C14H16N2O3.C2H6.CH4O/c1-9(17)6-12-7-13(18)19-14(16-12)11-4-2-10(8-15)3-5-11;2*1-2/h2-5,9,12-13,17-18H,6-7H2,1H3;1-2H3;2H,1H3. The summed E-state index contributed by atoms with van der Waals surface area (Å²) in [5, 5.41) is 34.8. The summed E-state index contributed by atoms with van der Waals surface area (Å²) in [5.41, 5.74) is 1.27. The SMILES string of the molecule is CC.CC(O)CC1CC(O)OC(c2ccc(C#N)cc2)=N1.CO. The number of nitriles is 1. The van der Waals surface area contributed by atoms with Crippen molar-refractivity contribution in [2.75, 3.05) is 7.11 Å². The van der Waals surface area contributed by atoms with E-state index in [-0.39, 0.29) is 6.04 Å². The van der Waals surface area contributed by atoms with E-state index < -0.39 is 12.4 Å². The van der Waals surface area contributed by atoms with Crippen LogP contribution in [-0.4, -0.2) is 46.8 Å². The number of rotatable bonds is 3. The van der Waals surface area contributed by atoms with Gasteiger partial charge in [0.1, 0.15) is 0 Å². The van der Waals surface area contributed by atoms with Crippen LogP contribution in [0.1, 0.15) is 44.7 Å². The zero-order valence-electron chi connectivity index (χ0n) is 14.1. The summed E-state index contributed by atoms with van der Waals surface area (Å²) in [6.07, 6.45) is -0.515. The van der Waals surface area contributed by atoms with Crippen molar-refractivity contribution in [1.82, 2.24) is 0 Å². The average Bonchev–Trinajstić information content (AvgIpc) is 2.57. The Balaban J connectivity index is 0.00000112. The fourth-order valence-corrected chi connectivity index (χ4v) is 2.03. The Labute approximate surface area is 137 Å². The van der Waals surface area contributed by atoms with Crippen LogP contribution >= 0.6 is 0 Å². The molecular formula is C17H26N2O4. The first kappa shape index (κ1) is 21.1. The Hall–Kier alpha value is -1.94. The highest BCUT2D eigenvalue weighted by Crippen LogP contribution is 2.20. The van der Waals surface area contributed by atoms with E-state index in [2.05, 4.69) is 4.99 Å². The monoisotopic (exact) mass is 322 g/mol. The zero-order valence-corrected chi connectivity index (χ0v) is 14.1. The molecule has 2 rings (SSSR count). The third-order valence-corrected chi connectivity index (χ3v) is 2.90. The molecule has 0 aromatic heterocycles. The predicted molar refractivity (Wildman–Crippen MR) is 89.0 cm³/mol. The molecule has 128 valence electrons. The molecule has 23 heavy (non-hydrogen) atoms. The molecule has 0 radical (unpaired) electrons. The Morgan fingerprint density at radius 2 is 1.87 bits per heavy atom. The Kier molecular flexibility index (Phi) is 10.6. The van der Waals surface area contributed by atoms with E-state index in [0.717, 1.165) is 7.11 Å². The Bertz CT molecular complexity index is 506. The lowest BCUT2D eigenvalue weighted by Gasteiger charge is -2.26. The number of aliphatic imine (C=N–C) groups is 1. The number of nitrogens with zero attached hydrogens (tertiary/aromatic N) is 2. The van der Waals surface area contributed by atoms with Gasteiger partial charge in [-0.25, -0.2) is 4.99 Å². The molecule has 0 aliphatic carbocycles. The minimum absolute atomic E-state index is 0.158. The fraction of sp³-hybridized carbons (Fsp3) is 0.529. The van der Waals surface area contributed by atoms with Gasteiger partial charge in [-0.15, -0.1) is 0 Å². The number of hydrogen-bond donors (Lipinski definition) is 3. The second-order valence-electron chi connectivity index (χ2n) is 4.67. The summed E-state index contributed by atoms with van der Waals surface area (Å²) in [6, 6.07) is 8.69. The Morgan fingerprint density at radius 1 is 1.30 bits per heavy atom. The molecule has 1 heterocycles. The lowest BCUT2D eigenvalue weighted by atomic mass is 10.1. The average molecular weight is 322 g/mol. The summed E-state index contributed by atoms with van der Waals surface area (Å²) in [4.78, 5) is 4.39. The van der Waals surface area contributed by atoms with Crippen LogP contribution in [0.15, 0.2) is 29.3 Å². The molecule has 3 unspecified atom stereocenters. The van der Waals surface area contributed by atoms with Gasteiger partial charge in [-0.3, -0.25) is 0 Å². The van der Waals surface area contributed by atoms with E-state index in [9.17, 15) is 10.2 Å². The van der Waals surface area contributed by atoms with Gasteiger partial charge in [-0.05, 0) is 37.6 Å². The first-order valence-corrected chi connectivity index (χ1v) is 7.64. The number of aliphatic hydroxyl groups is 3. The van der Waals surface area contributed by atoms with Crippen molar-refractivity contribution in [1.29, 1.82) is 5.26 Å². The van der Waals surface area contributed by atoms with E-state index in [1.165, 1.54) is 0 Å². The second kappa shape index (κ2) is 11.6.